The van der Waals surface area contributed by atoms with Gasteiger partial charge in [0.2, 0.25) is 0 Å². The molecule has 0 saturated heterocycles. The maximum Gasteiger partial charge on any atom is 0.323 e. The van der Waals surface area contributed by atoms with E-state index in [-0.39, 0.29) is 11.5 Å². The Hall–Kier alpha value is -3.22. The van der Waals surface area contributed by atoms with Gasteiger partial charge >= 0.3 is 6.03 Å². The third kappa shape index (κ3) is 4.41. The van der Waals surface area contributed by atoms with Crippen LogP contribution < -0.4 is 10.6 Å². The average Bonchev–Trinajstić information content (AvgIpc) is 2.47. The van der Waals surface area contributed by atoms with E-state index in [0.717, 1.165) is 0 Å². The highest BCUT2D eigenvalue weighted by Gasteiger charge is 2.07. The van der Waals surface area contributed by atoms with E-state index in [1.54, 1.807) is 12.1 Å². The van der Waals surface area contributed by atoms with Crippen molar-refractivity contribution in [3.8, 4) is 0 Å². The maximum atomic E-state index is 13.0. The number of nitrogens with one attached hydrogen (secondary N) is 2. The molecule has 0 spiro atoms. The van der Waals surface area contributed by atoms with Crippen LogP contribution >= 0.6 is 0 Å². The first-order valence-electron chi connectivity index (χ1n) is 6.29. The van der Waals surface area contributed by atoms with Gasteiger partial charge in [0.25, 0.3) is 5.69 Å². The lowest BCUT2D eigenvalue weighted by molar-refractivity contribution is -0.384. The van der Waals surface area contributed by atoms with Crippen LogP contribution in [0.1, 0.15) is 5.56 Å². The van der Waals surface area contributed by atoms with E-state index in [9.17, 15) is 19.3 Å². The Morgan fingerprint density at radius 3 is 2.68 bits per heavy atom. The molecule has 0 bridgehead atoms. The second-order valence-electron chi connectivity index (χ2n) is 4.29. The lowest BCUT2D eigenvalue weighted by Gasteiger charge is -2.04. The molecular weight excluding hydrogens is 289 g/mol. The number of halogens is 1. The van der Waals surface area contributed by atoms with Crippen LogP contribution in [0.4, 0.5) is 20.6 Å². The van der Waals surface area contributed by atoms with Crippen LogP contribution in [-0.2, 0) is 0 Å². The molecule has 2 aromatic carbocycles. The minimum Gasteiger partial charge on any atom is -0.314 e. The zero-order chi connectivity index (χ0) is 15.9. The maximum absolute atomic E-state index is 13.0. The van der Waals surface area contributed by atoms with Gasteiger partial charge in [0.1, 0.15) is 5.82 Å². The molecule has 0 unspecified atom stereocenters. The summed E-state index contributed by atoms with van der Waals surface area (Å²) in [5.74, 6) is -0.372. The fourth-order valence-electron chi connectivity index (χ4n) is 1.69. The number of carbonyl (C=O) groups excluding carboxylic acids is 1. The van der Waals surface area contributed by atoms with Crippen molar-refractivity contribution in [1.29, 1.82) is 0 Å². The van der Waals surface area contributed by atoms with Crippen molar-refractivity contribution in [1.82, 2.24) is 5.32 Å². The summed E-state index contributed by atoms with van der Waals surface area (Å²) in [6.45, 7) is 0. The van der Waals surface area contributed by atoms with Gasteiger partial charge in [0.15, 0.2) is 0 Å². The summed E-state index contributed by atoms with van der Waals surface area (Å²) in [6, 6.07) is 10.9. The first-order valence-corrected chi connectivity index (χ1v) is 6.29. The fraction of sp³-hybridized carbons (Fsp3) is 0. The number of urea groups is 1. The third-order valence-electron chi connectivity index (χ3n) is 2.65. The Morgan fingerprint density at radius 1 is 1.18 bits per heavy atom. The van der Waals surface area contributed by atoms with Crippen LogP contribution in [0.5, 0.6) is 0 Å². The van der Waals surface area contributed by atoms with Gasteiger partial charge in [-0.2, -0.15) is 0 Å². The lowest BCUT2D eigenvalue weighted by Crippen LogP contribution is -2.23. The number of rotatable bonds is 4. The van der Waals surface area contributed by atoms with Crippen LogP contribution in [0, 0.1) is 15.9 Å². The van der Waals surface area contributed by atoms with Gasteiger partial charge in [-0.05, 0) is 29.8 Å². The Bertz CT molecular complexity index is 731. The lowest BCUT2D eigenvalue weighted by atomic mass is 10.2. The predicted octanol–water partition coefficient (Wildman–Crippen LogP) is 3.53. The summed E-state index contributed by atoms with van der Waals surface area (Å²) in [5, 5.41) is 15.5. The summed E-state index contributed by atoms with van der Waals surface area (Å²) in [6.07, 6.45) is 2.87. The number of nitrogens with zero attached hydrogens (tertiary/aromatic N) is 1. The first kappa shape index (κ1) is 15.2. The molecule has 0 radical (unpaired) electrons. The highest BCUT2D eigenvalue weighted by Crippen LogP contribution is 2.16. The van der Waals surface area contributed by atoms with Crippen molar-refractivity contribution < 1.29 is 14.1 Å². The number of nitro groups is 1. The Balaban J connectivity index is 1.93. The second-order valence-corrected chi connectivity index (χ2v) is 4.29. The number of non-ortho nitro benzene ring substituents is 1. The van der Waals surface area contributed by atoms with E-state index < -0.39 is 11.0 Å². The van der Waals surface area contributed by atoms with Crippen LogP contribution in [-0.4, -0.2) is 11.0 Å². The second kappa shape index (κ2) is 6.98. The molecule has 22 heavy (non-hydrogen) atoms. The molecule has 112 valence electrons. The van der Waals surface area contributed by atoms with E-state index in [2.05, 4.69) is 10.6 Å². The molecule has 0 heterocycles. The Labute approximate surface area is 125 Å². The monoisotopic (exact) mass is 301 g/mol. The van der Waals surface area contributed by atoms with Gasteiger partial charge in [-0.25, -0.2) is 9.18 Å². The summed E-state index contributed by atoms with van der Waals surface area (Å²) in [7, 11) is 0. The van der Waals surface area contributed by atoms with Gasteiger partial charge in [-0.1, -0.05) is 18.2 Å². The highest BCUT2D eigenvalue weighted by molar-refractivity contribution is 5.90. The van der Waals surface area contributed by atoms with Crippen molar-refractivity contribution in [3.05, 3.63) is 76.2 Å². The molecule has 0 aliphatic rings. The normalized spacial score (nSPS) is 10.4. The van der Waals surface area contributed by atoms with Crippen molar-refractivity contribution >= 4 is 23.5 Å². The van der Waals surface area contributed by atoms with Crippen molar-refractivity contribution in [2.24, 2.45) is 0 Å². The zero-order valence-electron chi connectivity index (χ0n) is 11.3. The van der Waals surface area contributed by atoms with E-state index in [4.69, 9.17) is 0 Å². The van der Waals surface area contributed by atoms with E-state index in [1.807, 2.05) is 0 Å². The van der Waals surface area contributed by atoms with Gasteiger partial charge < -0.3 is 10.6 Å². The topological polar surface area (TPSA) is 84.3 Å². The van der Waals surface area contributed by atoms with Crippen molar-refractivity contribution in [3.63, 3.8) is 0 Å². The standard InChI is InChI=1S/C15H12FN3O3/c16-12-4-1-3-11(9-12)7-8-17-15(20)18-13-5-2-6-14(10-13)19(21)22/h1-10H,(H2,17,18,20)/b8-7+. The Kier molecular flexibility index (Phi) is 4.81. The molecule has 0 fully saturated rings. The minimum atomic E-state index is -0.562. The summed E-state index contributed by atoms with van der Waals surface area (Å²) < 4.78 is 13.0. The fourth-order valence-corrected chi connectivity index (χ4v) is 1.69. The molecular formula is C15H12FN3O3. The Morgan fingerprint density at radius 2 is 1.95 bits per heavy atom. The van der Waals surface area contributed by atoms with Gasteiger partial charge in [0.05, 0.1) is 4.92 Å². The first-order chi connectivity index (χ1) is 10.5. The number of anilines is 1. The highest BCUT2D eigenvalue weighted by atomic mass is 19.1. The zero-order valence-corrected chi connectivity index (χ0v) is 11.3. The average molecular weight is 301 g/mol. The SMILES string of the molecule is O=C(N/C=C/c1cccc(F)c1)Nc1cccc([N+](=O)[O-])c1. The number of carbonyl (C=O) groups is 1. The number of nitro benzene ring substituents is 1. The summed E-state index contributed by atoms with van der Waals surface area (Å²) in [4.78, 5) is 21.7. The summed E-state index contributed by atoms with van der Waals surface area (Å²) in [5.41, 5.74) is 0.773. The quantitative estimate of drug-likeness (QED) is 0.669. The molecule has 0 aliphatic heterocycles. The van der Waals surface area contributed by atoms with E-state index in [1.165, 1.54) is 48.7 Å². The van der Waals surface area contributed by atoms with Crippen LogP contribution in [0.15, 0.2) is 54.7 Å². The van der Waals surface area contributed by atoms with Crippen molar-refractivity contribution in [2.45, 2.75) is 0 Å². The van der Waals surface area contributed by atoms with Crippen LogP contribution in [0.3, 0.4) is 0 Å². The molecule has 2 N–H and O–H groups in total. The number of amides is 2. The largest absolute Gasteiger partial charge is 0.323 e. The van der Waals surface area contributed by atoms with Gasteiger partial charge in [0, 0.05) is 24.0 Å². The molecule has 2 amide bonds. The minimum absolute atomic E-state index is 0.117. The molecule has 2 aromatic rings. The molecule has 2 rings (SSSR count). The smallest absolute Gasteiger partial charge is 0.314 e. The van der Waals surface area contributed by atoms with Crippen LogP contribution in [0.25, 0.3) is 6.08 Å². The third-order valence-corrected chi connectivity index (χ3v) is 2.65. The number of benzene rings is 2. The van der Waals surface area contributed by atoms with E-state index in [0.29, 0.717) is 11.3 Å². The number of hydrogen-bond acceptors (Lipinski definition) is 3. The molecule has 0 aliphatic carbocycles. The predicted molar refractivity (Wildman–Crippen MR) is 80.7 cm³/mol. The molecule has 0 atom stereocenters. The molecule has 7 heteroatoms. The molecule has 0 aromatic heterocycles. The molecule has 6 nitrogen and oxygen atoms in total. The van der Waals surface area contributed by atoms with Gasteiger partial charge in [-0.3, -0.25) is 10.1 Å². The van der Waals surface area contributed by atoms with Crippen molar-refractivity contribution in [2.75, 3.05) is 5.32 Å². The van der Waals surface area contributed by atoms with Crippen LogP contribution in [0.2, 0.25) is 0 Å². The molecule has 0 saturated carbocycles. The van der Waals surface area contributed by atoms with E-state index >= 15 is 0 Å². The van der Waals surface area contributed by atoms with Gasteiger partial charge in [-0.15, -0.1) is 0 Å². The summed E-state index contributed by atoms with van der Waals surface area (Å²) >= 11 is 0. The number of hydrogen-bond donors (Lipinski definition) is 2.